The molecule has 15 heavy (non-hydrogen) atoms. The van der Waals surface area contributed by atoms with E-state index in [-0.39, 0.29) is 17.3 Å². The topological polar surface area (TPSA) is 67.5 Å². The molecule has 0 aromatic carbocycles. The Morgan fingerprint density at radius 1 is 1.20 bits per heavy atom. The Morgan fingerprint density at radius 3 is 2.47 bits per heavy atom. The molecule has 4 nitrogen and oxygen atoms in total. The Balaban J connectivity index is 2.31. The summed E-state index contributed by atoms with van der Waals surface area (Å²) in [6, 6.07) is 6.05. The highest BCUT2D eigenvalue weighted by Gasteiger charge is 2.16. The predicted octanol–water partition coefficient (Wildman–Crippen LogP) is 2.27. The first-order valence-corrected chi connectivity index (χ1v) is 4.98. The number of furan rings is 1. The number of hydrogen-bond acceptors (Lipinski definition) is 4. The van der Waals surface area contributed by atoms with Crippen LogP contribution in [0.5, 0.6) is 0 Å². The molecular weight excluding hydrogens is 216 g/mol. The van der Waals surface area contributed by atoms with E-state index in [2.05, 4.69) is 0 Å². The summed E-state index contributed by atoms with van der Waals surface area (Å²) >= 11 is 1.29. The number of hydrogen-bond donors (Lipinski definition) is 1. The number of aromatic carboxylic acids is 1. The molecule has 0 atom stereocenters. The Kier molecular flexibility index (Phi) is 2.39. The molecule has 76 valence electrons. The number of ketones is 1. The molecule has 0 saturated carbocycles. The first kappa shape index (κ1) is 9.67. The molecule has 2 heterocycles. The number of carbonyl (C=O) groups is 2. The molecule has 0 fully saturated rings. The third kappa shape index (κ3) is 1.82. The monoisotopic (exact) mass is 222 g/mol. The third-order valence-corrected chi connectivity index (χ3v) is 2.65. The lowest BCUT2D eigenvalue weighted by atomic mass is 10.2. The molecule has 2 rings (SSSR count). The van der Waals surface area contributed by atoms with Crippen molar-refractivity contribution in [1.82, 2.24) is 0 Å². The van der Waals surface area contributed by atoms with E-state index in [1.165, 1.54) is 23.5 Å². The molecule has 0 spiro atoms. The highest BCUT2D eigenvalue weighted by molar-refractivity contribution is 7.12. The van der Waals surface area contributed by atoms with Crippen LogP contribution in [0.3, 0.4) is 0 Å². The number of thiophene rings is 1. The van der Waals surface area contributed by atoms with E-state index in [0.29, 0.717) is 4.88 Å². The zero-order chi connectivity index (χ0) is 10.8. The maximum absolute atomic E-state index is 11.7. The lowest BCUT2D eigenvalue weighted by molar-refractivity contribution is 0.0660. The van der Waals surface area contributed by atoms with Crippen molar-refractivity contribution in [2.24, 2.45) is 0 Å². The van der Waals surface area contributed by atoms with E-state index in [4.69, 9.17) is 9.52 Å². The van der Waals surface area contributed by atoms with Gasteiger partial charge < -0.3 is 9.52 Å². The lowest BCUT2D eigenvalue weighted by Crippen LogP contribution is -1.97. The van der Waals surface area contributed by atoms with Crippen molar-refractivity contribution < 1.29 is 19.1 Å². The van der Waals surface area contributed by atoms with Crippen LogP contribution in [0.25, 0.3) is 0 Å². The van der Waals surface area contributed by atoms with Crippen LogP contribution in [0, 0.1) is 0 Å². The van der Waals surface area contributed by atoms with Crippen molar-refractivity contribution in [2.75, 3.05) is 0 Å². The van der Waals surface area contributed by atoms with E-state index in [0.717, 1.165) is 0 Å². The molecule has 2 aromatic rings. The minimum atomic E-state index is -1.18. The van der Waals surface area contributed by atoms with Crippen molar-refractivity contribution >= 4 is 23.1 Å². The largest absolute Gasteiger partial charge is 0.475 e. The van der Waals surface area contributed by atoms with Crippen LogP contribution < -0.4 is 0 Å². The fourth-order valence-electron chi connectivity index (χ4n) is 1.10. The number of carboxylic acid groups (broad SMARTS) is 1. The van der Waals surface area contributed by atoms with E-state index in [1.807, 2.05) is 0 Å². The van der Waals surface area contributed by atoms with Gasteiger partial charge in [0.25, 0.3) is 0 Å². The average molecular weight is 222 g/mol. The molecule has 2 aromatic heterocycles. The first-order chi connectivity index (χ1) is 7.18. The van der Waals surface area contributed by atoms with Gasteiger partial charge in [0.15, 0.2) is 5.76 Å². The van der Waals surface area contributed by atoms with Crippen LogP contribution in [0.1, 0.15) is 26.0 Å². The lowest BCUT2D eigenvalue weighted by Gasteiger charge is -1.91. The summed E-state index contributed by atoms with van der Waals surface area (Å²) in [5.41, 5.74) is 0. The van der Waals surface area contributed by atoms with Gasteiger partial charge in [0.2, 0.25) is 11.5 Å². The van der Waals surface area contributed by atoms with Gasteiger partial charge in [0.05, 0.1) is 4.88 Å². The molecule has 5 heteroatoms. The normalized spacial score (nSPS) is 10.1. The molecule has 0 unspecified atom stereocenters. The van der Waals surface area contributed by atoms with E-state index in [1.54, 1.807) is 17.5 Å². The van der Waals surface area contributed by atoms with Crippen LogP contribution in [0.15, 0.2) is 34.1 Å². The van der Waals surface area contributed by atoms with Crippen molar-refractivity contribution in [3.63, 3.8) is 0 Å². The van der Waals surface area contributed by atoms with Gasteiger partial charge in [-0.05, 0) is 23.6 Å². The summed E-state index contributed by atoms with van der Waals surface area (Å²) in [6.07, 6.45) is 0. The molecule has 0 aliphatic rings. The standard InChI is InChI=1S/C10H6O4S/c11-9(8-2-1-5-15-8)6-3-4-7(14-6)10(12)13/h1-5H,(H,12,13). The van der Waals surface area contributed by atoms with E-state index in [9.17, 15) is 9.59 Å². The van der Waals surface area contributed by atoms with Crippen molar-refractivity contribution in [3.05, 3.63) is 46.0 Å². The summed E-state index contributed by atoms with van der Waals surface area (Å²) < 4.78 is 4.89. The minimum Gasteiger partial charge on any atom is -0.475 e. The van der Waals surface area contributed by atoms with E-state index < -0.39 is 5.97 Å². The summed E-state index contributed by atoms with van der Waals surface area (Å²) in [5.74, 6) is -1.65. The molecule has 0 bridgehead atoms. The Morgan fingerprint density at radius 2 is 1.93 bits per heavy atom. The second-order valence-corrected chi connectivity index (χ2v) is 3.72. The van der Waals surface area contributed by atoms with Gasteiger partial charge in [-0.3, -0.25) is 4.79 Å². The third-order valence-electron chi connectivity index (χ3n) is 1.79. The quantitative estimate of drug-likeness (QED) is 0.809. The van der Waals surface area contributed by atoms with Gasteiger partial charge in [-0.15, -0.1) is 11.3 Å². The van der Waals surface area contributed by atoms with Crippen molar-refractivity contribution in [2.45, 2.75) is 0 Å². The van der Waals surface area contributed by atoms with Gasteiger partial charge in [0, 0.05) is 0 Å². The summed E-state index contributed by atoms with van der Waals surface area (Å²) in [6.45, 7) is 0. The molecule has 0 radical (unpaired) electrons. The summed E-state index contributed by atoms with van der Waals surface area (Å²) in [5, 5.41) is 10.4. The van der Waals surface area contributed by atoms with Gasteiger partial charge in [-0.1, -0.05) is 6.07 Å². The second-order valence-electron chi connectivity index (χ2n) is 2.78. The minimum absolute atomic E-state index is 0.0508. The highest BCUT2D eigenvalue weighted by atomic mass is 32.1. The van der Waals surface area contributed by atoms with Gasteiger partial charge in [0.1, 0.15) is 0 Å². The smallest absolute Gasteiger partial charge is 0.371 e. The first-order valence-electron chi connectivity index (χ1n) is 4.10. The van der Waals surface area contributed by atoms with Gasteiger partial charge >= 0.3 is 5.97 Å². The number of carboxylic acids is 1. The Hall–Kier alpha value is -1.88. The highest BCUT2D eigenvalue weighted by Crippen LogP contribution is 2.17. The SMILES string of the molecule is O=C(O)c1ccc(C(=O)c2cccs2)o1. The van der Waals surface area contributed by atoms with Crippen LogP contribution in [0.2, 0.25) is 0 Å². The number of rotatable bonds is 3. The van der Waals surface area contributed by atoms with Crippen LogP contribution in [0.4, 0.5) is 0 Å². The van der Waals surface area contributed by atoms with Crippen LogP contribution >= 0.6 is 11.3 Å². The average Bonchev–Trinajstić information content (AvgIpc) is 2.88. The molecule has 0 aliphatic heterocycles. The zero-order valence-electron chi connectivity index (χ0n) is 7.47. The molecular formula is C10H6O4S. The van der Waals surface area contributed by atoms with E-state index >= 15 is 0 Å². The molecule has 0 aliphatic carbocycles. The van der Waals surface area contributed by atoms with Crippen molar-refractivity contribution in [1.29, 1.82) is 0 Å². The van der Waals surface area contributed by atoms with Gasteiger partial charge in [-0.25, -0.2) is 4.79 Å². The Labute approximate surface area is 88.8 Å². The fourth-order valence-corrected chi connectivity index (χ4v) is 1.77. The summed E-state index contributed by atoms with van der Waals surface area (Å²) in [4.78, 5) is 22.7. The predicted molar refractivity (Wildman–Crippen MR) is 53.4 cm³/mol. The fraction of sp³-hybridized carbons (Fsp3) is 0. The number of carbonyl (C=O) groups excluding carboxylic acids is 1. The maximum atomic E-state index is 11.7. The molecule has 0 saturated heterocycles. The van der Waals surface area contributed by atoms with Crippen LogP contribution in [-0.2, 0) is 0 Å². The molecule has 1 N–H and O–H groups in total. The van der Waals surface area contributed by atoms with Gasteiger partial charge in [-0.2, -0.15) is 0 Å². The molecule has 0 amide bonds. The second kappa shape index (κ2) is 3.70. The van der Waals surface area contributed by atoms with Crippen molar-refractivity contribution in [3.8, 4) is 0 Å². The maximum Gasteiger partial charge on any atom is 0.371 e. The zero-order valence-corrected chi connectivity index (χ0v) is 8.28. The summed E-state index contributed by atoms with van der Waals surface area (Å²) in [7, 11) is 0. The van der Waals surface area contributed by atoms with Crippen LogP contribution in [-0.4, -0.2) is 16.9 Å². The Bertz CT molecular complexity index is 495.